The van der Waals surface area contributed by atoms with Crippen LogP contribution in [0.15, 0.2) is 0 Å². The number of carboxylic acid groups (broad SMARTS) is 1. The number of aliphatic carboxylic acids is 1. The molecule has 0 aromatic heterocycles. The van der Waals surface area contributed by atoms with Crippen molar-refractivity contribution in [2.24, 2.45) is 35.0 Å². The fourth-order valence-electron chi connectivity index (χ4n) is 8.70. The van der Waals surface area contributed by atoms with Crippen LogP contribution in [-0.2, 0) is 52.7 Å². The fourth-order valence-corrected chi connectivity index (χ4v) is 8.70. The lowest BCUT2D eigenvalue weighted by atomic mass is 10.0. The average Bonchev–Trinajstić information content (AvgIpc) is 4.04. The molecular weight excluding hydrogens is 985 g/mol. The van der Waals surface area contributed by atoms with Gasteiger partial charge in [0.05, 0.1) is 24.9 Å². The molecule has 17 N–H and O–H groups in total. The lowest BCUT2D eigenvalue weighted by Gasteiger charge is -2.32. The molecule has 2 aliphatic heterocycles. The molecule has 0 aromatic rings. The predicted molar refractivity (Wildman–Crippen MR) is 270 cm³/mol. The average molecular weight is 1070 g/mol. The van der Waals surface area contributed by atoms with E-state index in [1.165, 1.54) is 25.7 Å². The third-order valence-corrected chi connectivity index (χ3v) is 13.0. The topological polar surface area (TPSA) is 437 Å². The van der Waals surface area contributed by atoms with Gasteiger partial charge in [-0.05, 0) is 89.5 Å². The standard InChI is InChI=1S/C48H84N12O15/c1-23(2)21-30(48(74)75)53-45(71)37(26(7)62)57-43(69)33-15-12-20-60(33)47(73)38(27(8)63)58-41(67)31(22-61)54-44(70)35(24(3)4)55-40(66)29(16-17-34(51)64)52-42(68)32-14-11-19-59(32)46(72)36(25(5)6)56-39(65)28(50)13-9-10-18-49/h23-33,35-38,61-63H,9-22,49-50H2,1-8H3,(H2,51,64)(H,52,68)(H,53,71)(H,54,70)(H,55,66)(H,56,65)(H,57,69)(H,58,67)(H,74,75)/t26-,27-,28+,29+,30+,31+,32+,33+,35+,36+,37+,38+/m1/s1. The summed E-state index contributed by atoms with van der Waals surface area (Å²) >= 11 is 0. The Labute approximate surface area is 437 Å². The monoisotopic (exact) mass is 1070 g/mol. The first-order chi connectivity index (χ1) is 35.1. The second-order valence-electron chi connectivity index (χ2n) is 20.5. The number of nitrogens with one attached hydrogen (secondary N) is 7. The van der Waals surface area contributed by atoms with E-state index in [4.69, 9.17) is 17.2 Å². The van der Waals surface area contributed by atoms with Crippen molar-refractivity contribution < 1.29 is 73.2 Å². The molecule has 27 heteroatoms. The number of primary amides is 1. The number of hydrogen-bond donors (Lipinski definition) is 14. The Morgan fingerprint density at radius 3 is 1.49 bits per heavy atom. The second-order valence-corrected chi connectivity index (χ2v) is 20.5. The third kappa shape index (κ3) is 19.9. The Hall–Kier alpha value is -6.03. The van der Waals surface area contributed by atoms with Crippen molar-refractivity contribution in [3.63, 3.8) is 0 Å². The van der Waals surface area contributed by atoms with E-state index in [0.717, 1.165) is 11.8 Å². The molecule has 2 fully saturated rings. The lowest BCUT2D eigenvalue weighted by Crippen LogP contribution is -2.63. The van der Waals surface area contributed by atoms with Crippen molar-refractivity contribution in [2.75, 3.05) is 26.2 Å². The van der Waals surface area contributed by atoms with Gasteiger partial charge >= 0.3 is 5.97 Å². The van der Waals surface area contributed by atoms with E-state index in [1.54, 1.807) is 27.7 Å². The molecule has 2 saturated heterocycles. The number of aliphatic hydroxyl groups is 3. The number of aliphatic hydroxyl groups excluding tert-OH is 3. The van der Waals surface area contributed by atoms with Gasteiger partial charge in [0.15, 0.2) is 0 Å². The van der Waals surface area contributed by atoms with Gasteiger partial charge in [0.25, 0.3) is 0 Å². The molecule has 0 unspecified atom stereocenters. The van der Waals surface area contributed by atoms with E-state index in [9.17, 15) is 73.2 Å². The van der Waals surface area contributed by atoms with Crippen molar-refractivity contribution in [1.82, 2.24) is 47.0 Å². The molecular formula is C48H84N12O15. The summed E-state index contributed by atoms with van der Waals surface area (Å²) in [7, 11) is 0. The molecule has 27 nitrogen and oxygen atoms in total. The Morgan fingerprint density at radius 2 is 1.03 bits per heavy atom. The minimum absolute atomic E-state index is 0.0464. The highest BCUT2D eigenvalue weighted by atomic mass is 16.4. The Morgan fingerprint density at radius 1 is 0.560 bits per heavy atom. The maximum absolute atomic E-state index is 14.0. The highest BCUT2D eigenvalue weighted by Gasteiger charge is 2.43. The maximum Gasteiger partial charge on any atom is 0.326 e. The van der Waals surface area contributed by atoms with E-state index in [-0.39, 0.29) is 57.5 Å². The summed E-state index contributed by atoms with van der Waals surface area (Å²) in [6.45, 7) is 11.8. The van der Waals surface area contributed by atoms with E-state index < -0.39 is 156 Å². The normalized spacial score (nSPS) is 19.6. The summed E-state index contributed by atoms with van der Waals surface area (Å²) in [6.07, 6.45) is -1.24. The maximum atomic E-state index is 14.0. The predicted octanol–water partition coefficient (Wildman–Crippen LogP) is -4.72. The SMILES string of the molecule is CC(C)C[C@H](NC(=O)[C@@H](NC(=O)[C@@H]1CCCN1C(=O)[C@@H](NC(=O)[C@H](CO)NC(=O)[C@@H](NC(=O)[C@H](CCC(N)=O)NC(=O)[C@@H]1CCCN1C(=O)[C@@H](NC(=O)[C@@H](N)CCCCN)C(C)C)C(C)C)[C@@H](C)O)[C@@H](C)O)C(=O)O. The summed E-state index contributed by atoms with van der Waals surface area (Å²) in [4.78, 5) is 149. The van der Waals surface area contributed by atoms with Crippen LogP contribution < -0.4 is 54.4 Å². The Bertz CT molecular complexity index is 2010. The zero-order valence-corrected chi connectivity index (χ0v) is 44.5. The minimum Gasteiger partial charge on any atom is -0.480 e. The molecule has 2 aliphatic rings. The Kier molecular flexibility index (Phi) is 27.0. The zero-order valence-electron chi connectivity index (χ0n) is 44.5. The van der Waals surface area contributed by atoms with Gasteiger partial charge in [-0.15, -0.1) is 0 Å². The smallest absolute Gasteiger partial charge is 0.326 e. The molecule has 426 valence electrons. The van der Waals surface area contributed by atoms with Crippen LogP contribution in [0, 0.1) is 17.8 Å². The second kappa shape index (κ2) is 31.1. The number of carboxylic acids is 1. The number of amides is 10. The molecule has 0 saturated carbocycles. The summed E-state index contributed by atoms with van der Waals surface area (Å²) in [5.74, 6) is -11.2. The van der Waals surface area contributed by atoms with Gasteiger partial charge in [-0.25, -0.2) is 4.79 Å². The van der Waals surface area contributed by atoms with Crippen LogP contribution >= 0.6 is 0 Å². The first-order valence-corrected chi connectivity index (χ1v) is 25.7. The summed E-state index contributed by atoms with van der Waals surface area (Å²) in [5.41, 5.74) is 17.0. The highest BCUT2D eigenvalue weighted by Crippen LogP contribution is 2.23. The molecule has 12 atom stereocenters. The van der Waals surface area contributed by atoms with E-state index in [0.29, 0.717) is 32.2 Å². The van der Waals surface area contributed by atoms with Gasteiger partial charge < -0.3 is 84.6 Å². The molecule has 2 rings (SSSR count). The van der Waals surface area contributed by atoms with Gasteiger partial charge in [-0.2, -0.15) is 0 Å². The third-order valence-electron chi connectivity index (χ3n) is 13.0. The summed E-state index contributed by atoms with van der Waals surface area (Å²) in [5, 5.41) is 58.2. The molecule has 0 aliphatic carbocycles. The van der Waals surface area contributed by atoms with Gasteiger partial charge in [0, 0.05) is 19.5 Å². The van der Waals surface area contributed by atoms with Crippen LogP contribution in [0.2, 0.25) is 0 Å². The van der Waals surface area contributed by atoms with Crippen LogP contribution in [-0.4, -0.2) is 194 Å². The number of nitrogens with two attached hydrogens (primary N) is 3. The molecule has 2 heterocycles. The number of likely N-dealkylation sites (tertiary alicyclic amines) is 2. The molecule has 0 radical (unpaired) electrons. The van der Waals surface area contributed by atoms with Crippen LogP contribution in [0.4, 0.5) is 0 Å². The number of unbranched alkanes of at least 4 members (excludes halogenated alkanes) is 1. The summed E-state index contributed by atoms with van der Waals surface area (Å²) < 4.78 is 0. The summed E-state index contributed by atoms with van der Waals surface area (Å²) in [6, 6.07) is -13.7. The zero-order chi connectivity index (χ0) is 57.0. The first-order valence-electron chi connectivity index (χ1n) is 25.7. The number of hydrogen-bond acceptors (Lipinski definition) is 16. The van der Waals surface area contributed by atoms with Gasteiger partial charge in [0.1, 0.15) is 54.4 Å². The number of carbonyl (C=O) groups is 11. The quantitative estimate of drug-likeness (QED) is 0.0290. The molecule has 10 amide bonds. The minimum atomic E-state index is -1.79. The van der Waals surface area contributed by atoms with Gasteiger partial charge in [-0.1, -0.05) is 48.0 Å². The molecule has 0 bridgehead atoms. The van der Waals surface area contributed by atoms with Crippen molar-refractivity contribution in [2.45, 2.75) is 192 Å². The largest absolute Gasteiger partial charge is 0.480 e. The van der Waals surface area contributed by atoms with Gasteiger partial charge in [0.2, 0.25) is 59.1 Å². The number of rotatable bonds is 31. The van der Waals surface area contributed by atoms with Crippen molar-refractivity contribution in [1.29, 1.82) is 0 Å². The van der Waals surface area contributed by atoms with Crippen LogP contribution in [0.5, 0.6) is 0 Å². The van der Waals surface area contributed by atoms with E-state index in [2.05, 4.69) is 37.2 Å². The fraction of sp³-hybridized carbons (Fsp3) is 0.771. The lowest BCUT2D eigenvalue weighted by molar-refractivity contribution is -0.146. The van der Waals surface area contributed by atoms with Crippen LogP contribution in [0.3, 0.4) is 0 Å². The number of nitrogens with zero attached hydrogens (tertiary/aromatic N) is 2. The van der Waals surface area contributed by atoms with Crippen molar-refractivity contribution in [3.05, 3.63) is 0 Å². The Balaban J connectivity index is 2.24. The molecule has 75 heavy (non-hydrogen) atoms. The van der Waals surface area contributed by atoms with Crippen molar-refractivity contribution >= 4 is 65.0 Å². The first kappa shape index (κ1) is 65.1. The number of carbonyl (C=O) groups excluding carboxylic acids is 10. The van der Waals surface area contributed by atoms with E-state index >= 15 is 0 Å². The van der Waals surface area contributed by atoms with Gasteiger partial charge in [-0.3, -0.25) is 47.9 Å². The van der Waals surface area contributed by atoms with Crippen LogP contribution in [0.1, 0.15) is 120 Å². The van der Waals surface area contributed by atoms with E-state index in [1.807, 2.05) is 0 Å². The highest BCUT2D eigenvalue weighted by molar-refractivity contribution is 5.99. The van der Waals surface area contributed by atoms with Crippen LogP contribution in [0.25, 0.3) is 0 Å². The molecule has 0 aromatic carbocycles. The van der Waals surface area contributed by atoms with Crippen molar-refractivity contribution in [3.8, 4) is 0 Å². The molecule has 0 spiro atoms.